The first kappa shape index (κ1) is 10.9. The van der Waals surface area contributed by atoms with Crippen LogP contribution in [0.25, 0.3) is 10.9 Å². The van der Waals surface area contributed by atoms with Gasteiger partial charge in [0.2, 0.25) is 0 Å². The van der Waals surface area contributed by atoms with Gasteiger partial charge in [-0.05, 0) is 6.07 Å². The number of aromatic nitrogens is 2. The number of carboxylic acids is 1. The second kappa shape index (κ2) is 3.77. The molecule has 0 saturated carbocycles. The van der Waals surface area contributed by atoms with Crippen molar-refractivity contribution in [1.29, 1.82) is 0 Å². The first-order valence-corrected chi connectivity index (χ1v) is 4.99. The van der Waals surface area contributed by atoms with Gasteiger partial charge in [-0.15, -0.1) is 0 Å². The van der Waals surface area contributed by atoms with Crippen LogP contribution in [-0.2, 0) is 11.8 Å². The summed E-state index contributed by atoms with van der Waals surface area (Å²) in [5.41, 5.74) is 6.57. The van der Waals surface area contributed by atoms with Crippen molar-refractivity contribution in [3.05, 3.63) is 28.9 Å². The molecule has 0 saturated heterocycles. The molecule has 6 heteroatoms. The van der Waals surface area contributed by atoms with Gasteiger partial charge in [0.1, 0.15) is 6.04 Å². The van der Waals surface area contributed by atoms with E-state index in [1.54, 1.807) is 25.2 Å². The van der Waals surface area contributed by atoms with Crippen LogP contribution < -0.4 is 5.73 Å². The first-order chi connectivity index (χ1) is 7.52. The van der Waals surface area contributed by atoms with E-state index in [0.29, 0.717) is 21.6 Å². The fourth-order valence-electron chi connectivity index (χ4n) is 1.66. The molecule has 0 spiro atoms. The van der Waals surface area contributed by atoms with Crippen LogP contribution in [0.2, 0.25) is 5.02 Å². The van der Waals surface area contributed by atoms with Crippen molar-refractivity contribution >= 4 is 28.5 Å². The van der Waals surface area contributed by atoms with E-state index in [1.165, 1.54) is 4.68 Å². The summed E-state index contributed by atoms with van der Waals surface area (Å²) < 4.78 is 1.54. The molecule has 0 radical (unpaired) electrons. The van der Waals surface area contributed by atoms with Crippen molar-refractivity contribution in [3.8, 4) is 0 Å². The highest BCUT2D eigenvalue weighted by atomic mass is 35.5. The summed E-state index contributed by atoms with van der Waals surface area (Å²) in [5, 5.41) is 14.2. The van der Waals surface area contributed by atoms with E-state index in [2.05, 4.69) is 5.10 Å². The number of nitrogens with zero attached hydrogens (tertiary/aromatic N) is 2. The molecule has 1 atom stereocenters. The normalized spacial score (nSPS) is 12.9. The molecular formula is C10H10ClN3O2. The Kier molecular flexibility index (Phi) is 2.57. The lowest BCUT2D eigenvalue weighted by atomic mass is 10.1. The van der Waals surface area contributed by atoms with Crippen LogP contribution >= 0.6 is 11.6 Å². The molecule has 5 nitrogen and oxygen atoms in total. The highest BCUT2D eigenvalue weighted by Gasteiger charge is 2.22. The van der Waals surface area contributed by atoms with Crippen molar-refractivity contribution in [2.75, 3.05) is 0 Å². The molecule has 2 rings (SSSR count). The Morgan fingerprint density at radius 3 is 2.94 bits per heavy atom. The zero-order valence-electron chi connectivity index (χ0n) is 8.51. The Labute approximate surface area is 96.4 Å². The molecule has 16 heavy (non-hydrogen) atoms. The SMILES string of the molecule is Cn1nc(C(N)C(=O)O)c2cccc(Cl)c21. The largest absolute Gasteiger partial charge is 0.480 e. The van der Waals surface area contributed by atoms with Crippen LogP contribution in [0.1, 0.15) is 11.7 Å². The summed E-state index contributed by atoms with van der Waals surface area (Å²) in [6.45, 7) is 0. The van der Waals surface area contributed by atoms with Gasteiger partial charge in [0, 0.05) is 12.4 Å². The third kappa shape index (κ3) is 1.54. The second-order valence-corrected chi connectivity index (χ2v) is 3.87. The van der Waals surface area contributed by atoms with E-state index < -0.39 is 12.0 Å². The van der Waals surface area contributed by atoms with Gasteiger partial charge in [-0.2, -0.15) is 5.10 Å². The van der Waals surface area contributed by atoms with Crippen LogP contribution in [-0.4, -0.2) is 20.9 Å². The van der Waals surface area contributed by atoms with Gasteiger partial charge in [-0.3, -0.25) is 9.48 Å². The molecule has 1 heterocycles. The van der Waals surface area contributed by atoms with E-state index in [4.69, 9.17) is 22.4 Å². The number of para-hydroxylation sites is 1. The summed E-state index contributed by atoms with van der Waals surface area (Å²) in [5.74, 6) is -1.11. The minimum atomic E-state index is -1.14. The van der Waals surface area contributed by atoms with Gasteiger partial charge in [-0.1, -0.05) is 23.7 Å². The van der Waals surface area contributed by atoms with E-state index in [-0.39, 0.29) is 0 Å². The van der Waals surface area contributed by atoms with E-state index in [1.807, 2.05) is 0 Å². The standard InChI is InChI=1S/C10H10ClN3O2/c1-14-9-5(3-2-4-6(9)11)8(13-14)7(12)10(15)16/h2-4,7H,12H2,1H3,(H,15,16). The van der Waals surface area contributed by atoms with Crippen molar-refractivity contribution in [3.63, 3.8) is 0 Å². The van der Waals surface area contributed by atoms with Crippen molar-refractivity contribution in [2.24, 2.45) is 12.8 Å². The molecule has 3 N–H and O–H groups in total. The van der Waals surface area contributed by atoms with Crippen LogP contribution in [0.15, 0.2) is 18.2 Å². The van der Waals surface area contributed by atoms with Crippen molar-refractivity contribution in [1.82, 2.24) is 9.78 Å². The average Bonchev–Trinajstić information content (AvgIpc) is 2.56. The maximum Gasteiger partial charge on any atom is 0.326 e. The fraction of sp³-hybridized carbons (Fsp3) is 0.200. The third-order valence-corrected chi connectivity index (χ3v) is 2.71. The number of carbonyl (C=O) groups is 1. The van der Waals surface area contributed by atoms with Gasteiger partial charge in [0.15, 0.2) is 0 Å². The maximum absolute atomic E-state index is 10.8. The molecule has 0 amide bonds. The number of hydrogen-bond donors (Lipinski definition) is 2. The molecule has 2 aromatic rings. The smallest absolute Gasteiger partial charge is 0.326 e. The average molecular weight is 240 g/mol. The highest BCUT2D eigenvalue weighted by Crippen LogP contribution is 2.27. The predicted molar refractivity (Wildman–Crippen MR) is 60.3 cm³/mol. The van der Waals surface area contributed by atoms with Crippen LogP contribution in [0.4, 0.5) is 0 Å². The Morgan fingerprint density at radius 2 is 2.31 bits per heavy atom. The van der Waals surface area contributed by atoms with Crippen LogP contribution in [0.5, 0.6) is 0 Å². The number of aryl methyl sites for hydroxylation is 1. The molecule has 0 bridgehead atoms. The van der Waals surface area contributed by atoms with E-state index >= 15 is 0 Å². The quantitative estimate of drug-likeness (QED) is 0.828. The highest BCUT2D eigenvalue weighted by molar-refractivity contribution is 6.35. The molecule has 1 unspecified atom stereocenters. The zero-order valence-corrected chi connectivity index (χ0v) is 9.27. The molecule has 1 aromatic carbocycles. The molecule has 0 aliphatic rings. The number of benzene rings is 1. The zero-order chi connectivity index (χ0) is 11.9. The molecule has 0 aliphatic heterocycles. The molecule has 84 valence electrons. The minimum absolute atomic E-state index is 0.326. The van der Waals surface area contributed by atoms with Crippen LogP contribution in [0.3, 0.4) is 0 Å². The van der Waals surface area contributed by atoms with Gasteiger partial charge >= 0.3 is 5.97 Å². The minimum Gasteiger partial charge on any atom is -0.480 e. The van der Waals surface area contributed by atoms with E-state index in [0.717, 1.165) is 0 Å². The number of carboxylic acid groups (broad SMARTS) is 1. The molecular weight excluding hydrogens is 230 g/mol. The summed E-state index contributed by atoms with van der Waals surface area (Å²) in [7, 11) is 1.70. The van der Waals surface area contributed by atoms with Gasteiger partial charge in [0.25, 0.3) is 0 Å². The lowest BCUT2D eigenvalue weighted by Gasteiger charge is -2.02. The number of rotatable bonds is 2. The lowest BCUT2D eigenvalue weighted by Crippen LogP contribution is -2.21. The van der Waals surface area contributed by atoms with E-state index in [9.17, 15) is 4.79 Å². The third-order valence-electron chi connectivity index (χ3n) is 2.40. The number of halogens is 1. The number of hydrogen-bond acceptors (Lipinski definition) is 3. The number of nitrogens with two attached hydrogens (primary N) is 1. The van der Waals surface area contributed by atoms with Gasteiger partial charge in [0.05, 0.1) is 16.2 Å². The topological polar surface area (TPSA) is 81.1 Å². The van der Waals surface area contributed by atoms with Gasteiger partial charge < -0.3 is 10.8 Å². The monoisotopic (exact) mass is 239 g/mol. The summed E-state index contributed by atoms with van der Waals surface area (Å²) in [6.07, 6.45) is 0. The Morgan fingerprint density at radius 1 is 1.62 bits per heavy atom. The summed E-state index contributed by atoms with van der Waals surface area (Å²) >= 11 is 6.01. The lowest BCUT2D eigenvalue weighted by molar-refractivity contribution is -0.138. The second-order valence-electron chi connectivity index (χ2n) is 3.46. The number of fused-ring (bicyclic) bond motifs is 1. The molecule has 1 aromatic heterocycles. The Balaban J connectivity index is 2.73. The van der Waals surface area contributed by atoms with Crippen LogP contribution in [0, 0.1) is 0 Å². The fourth-order valence-corrected chi connectivity index (χ4v) is 1.96. The Hall–Kier alpha value is -1.59. The summed E-state index contributed by atoms with van der Waals surface area (Å²) in [6, 6.07) is 4.08. The molecule has 0 fully saturated rings. The van der Waals surface area contributed by atoms with Crippen molar-refractivity contribution in [2.45, 2.75) is 6.04 Å². The molecule has 0 aliphatic carbocycles. The predicted octanol–water partition coefficient (Wildman–Crippen LogP) is 1.31. The Bertz CT molecular complexity index is 564. The maximum atomic E-state index is 10.8. The van der Waals surface area contributed by atoms with Crippen molar-refractivity contribution < 1.29 is 9.90 Å². The van der Waals surface area contributed by atoms with Gasteiger partial charge in [-0.25, -0.2) is 0 Å². The first-order valence-electron chi connectivity index (χ1n) is 4.62. The summed E-state index contributed by atoms with van der Waals surface area (Å²) in [4.78, 5) is 10.8. The number of aliphatic carboxylic acids is 1.